The van der Waals surface area contributed by atoms with Gasteiger partial charge in [-0.25, -0.2) is 4.98 Å². The van der Waals surface area contributed by atoms with E-state index < -0.39 is 0 Å². The molecule has 0 unspecified atom stereocenters. The van der Waals surface area contributed by atoms with Crippen molar-refractivity contribution < 1.29 is 4.79 Å². The first-order valence-corrected chi connectivity index (χ1v) is 11.8. The summed E-state index contributed by atoms with van der Waals surface area (Å²) in [7, 11) is 0. The van der Waals surface area contributed by atoms with Gasteiger partial charge in [0.05, 0.1) is 11.1 Å². The van der Waals surface area contributed by atoms with Gasteiger partial charge in [0.25, 0.3) is 5.56 Å². The average Bonchev–Trinajstić information content (AvgIpc) is 3.04. The van der Waals surface area contributed by atoms with Crippen LogP contribution in [0.2, 0.25) is 0 Å². The quantitative estimate of drug-likeness (QED) is 0.575. The summed E-state index contributed by atoms with van der Waals surface area (Å²) < 4.78 is 1.75. The Labute approximate surface area is 168 Å². The van der Waals surface area contributed by atoms with Gasteiger partial charge in [-0.05, 0) is 56.9 Å². The number of fused-ring (bicyclic) bond motifs is 3. The minimum absolute atomic E-state index is 0.0726. The first-order valence-electron chi connectivity index (χ1n) is 10.0. The van der Waals surface area contributed by atoms with Crippen LogP contribution < -0.4 is 5.56 Å². The molecule has 0 aromatic carbocycles. The lowest BCUT2D eigenvalue weighted by Gasteiger charge is -2.30. The van der Waals surface area contributed by atoms with E-state index in [2.05, 4.69) is 6.92 Å². The Morgan fingerprint density at radius 2 is 2.11 bits per heavy atom. The lowest BCUT2D eigenvalue weighted by Crippen LogP contribution is -2.40. The van der Waals surface area contributed by atoms with E-state index >= 15 is 0 Å². The highest BCUT2D eigenvalue weighted by Crippen LogP contribution is 2.34. The molecule has 2 aliphatic rings. The van der Waals surface area contributed by atoms with Gasteiger partial charge >= 0.3 is 0 Å². The van der Waals surface area contributed by atoms with E-state index in [9.17, 15) is 9.59 Å². The number of nitrogens with zero attached hydrogens (tertiary/aromatic N) is 3. The molecule has 1 saturated heterocycles. The van der Waals surface area contributed by atoms with Gasteiger partial charge in [0.15, 0.2) is 5.16 Å². The van der Waals surface area contributed by atoms with Gasteiger partial charge in [0.1, 0.15) is 4.83 Å². The average molecular weight is 406 g/mol. The number of thiophene rings is 1. The zero-order chi connectivity index (χ0) is 19.0. The van der Waals surface area contributed by atoms with Crippen molar-refractivity contribution in [2.75, 3.05) is 18.8 Å². The van der Waals surface area contributed by atoms with E-state index in [0.29, 0.717) is 23.4 Å². The molecule has 1 amide bonds. The summed E-state index contributed by atoms with van der Waals surface area (Å²) in [5, 5.41) is 1.52. The number of hydrogen-bond donors (Lipinski definition) is 0. The first kappa shape index (κ1) is 19.0. The van der Waals surface area contributed by atoms with Gasteiger partial charge in [-0.15, -0.1) is 11.3 Å². The predicted octanol–water partition coefficient (Wildman–Crippen LogP) is 3.71. The van der Waals surface area contributed by atoms with E-state index in [1.807, 2.05) is 11.8 Å². The molecular weight excluding hydrogens is 378 g/mol. The fourth-order valence-corrected chi connectivity index (χ4v) is 6.51. The molecule has 0 spiro atoms. The molecule has 2 aromatic rings. The monoisotopic (exact) mass is 405 g/mol. The third kappa shape index (κ3) is 3.68. The number of likely N-dealkylation sites (tertiary alicyclic amines) is 1. The zero-order valence-corrected chi connectivity index (χ0v) is 17.8. The molecule has 0 bridgehead atoms. The largest absolute Gasteiger partial charge is 0.342 e. The van der Waals surface area contributed by atoms with Crippen molar-refractivity contribution in [3.63, 3.8) is 0 Å². The smallest absolute Gasteiger partial charge is 0.263 e. The molecule has 1 atom stereocenters. The summed E-state index contributed by atoms with van der Waals surface area (Å²) in [4.78, 5) is 34.7. The molecule has 1 fully saturated rings. The van der Waals surface area contributed by atoms with Gasteiger partial charge < -0.3 is 4.90 Å². The maximum Gasteiger partial charge on any atom is 0.263 e. The number of hydrogen-bond acceptors (Lipinski definition) is 5. The van der Waals surface area contributed by atoms with Crippen molar-refractivity contribution in [3.05, 3.63) is 20.8 Å². The number of amides is 1. The molecule has 0 saturated carbocycles. The van der Waals surface area contributed by atoms with Crippen LogP contribution in [0.5, 0.6) is 0 Å². The number of aryl methyl sites for hydroxylation is 2. The number of rotatable bonds is 4. The van der Waals surface area contributed by atoms with Crippen LogP contribution in [0.15, 0.2) is 9.95 Å². The SMILES string of the molecule is CCn1c(SCC(=O)N2CCC[C@H](C)C2)nc2sc3c(c2c1=O)CCCC3. The van der Waals surface area contributed by atoms with Crippen LogP contribution in [0.3, 0.4) is 0 Å². The lowest BCUT2D eigenvalue weighted by molar-refractivity contribution is -0.130. The number of carbonyl (C=O) groups is 1. The lowest BCUT2D eigenvalue weighted by atomic mass is 9.97. The fraction of sp³-hybridized carbons (Fsp3) is 0.650. The van der Waals surface area contributed by atoms with Gasteiger partial charge in [0, 0.05) is 24.5 Å². The van der Waals surface area contributed by atoms with Crippen molar-refractivity contribution in [2.45, 2.75) is 64.1 Å². The molecule has 1 aliphatic heterocycles. The van der Waals surface area contributed by atoms with Crippen LogP contribution in [0, 0.1) is 5.92 Å². The number of thioether (sulfide) groups is 1. The van der Waals surface area contributed by atoms with Crippen LogP contribution in [-0.4, -0.2) is 39.2 Å². The molecule has 7 heteroatoms. The standard InChI is InChI=1S/C20H27N3O2S2/c1-3-23-19(25)17-14-8-4-5-9-15(14)27-18(17)21-20(23)26-12-16(24)22-10-6-7-13(2)11-22/h13H,3-12H2,1-2H3/t13-/m0/s1. The summed E-state index contributed by atoms with van der Waals surface area (Å²) in [6, 6.07) is 0. The minimum atomic E-state index is 0.0726. The van der Waals surface area contributed by atoms with E-state index in [1.54, 1.807) is 15.9 Å². The van der Waals surface area contributed by atoms with Crippen molar-refractivity contribution in [2.24, 2.45) is 5.92 Å². The maximum atomic E-state index is 13.1. The van der Waals surface area contributed by atoms with Crippen LogP contribution in [0.1, 0.15) is 50.0 Å². The molecule has 5 nitrogen and oxygen atoms in total. The summed E-state index contributed by atoms with van der Waals surface area (Å²) in [5.41, 5.74) is 1.30. The Bertz CT molecular complexity index is 918. The summed E-state index contributed by atoms with van der Waals surface area (Å²) in [6.07, 6.45) is 6.70. The van der Waals surface area contributed by atoms with Crippen molar-refractivity contribution in [1.29, 1.82) is 0 Å². The second-order valence-electron chi connectivity index (χ2n) is 7.71. The minimum Gasteiger partial charge on any atom is -0.342 e. The van der Waals surface area contributed by atoms with Crippen molar-refractivity contribution in [3.8, 4) is 0 Å². The number of aromatic nitrogens is 2. The van der Waals surface area contributed by atoms with Gasteiger partial charge in [-0.3, -0.25) is 14.2 Å². The van der Waals surface area contributed by atoms with Crippen LogP contribution in [0.4, 0.5) is 0 Å². The Morgan fingerprint density at radius 1 is 1.30 bits per heavy atom. The van der Waals surface area contributed by atoms with Gasteiger partial charge in [0.2, 0.25) is 5.91 Å². The zero-order valence-electron chi connectivity index (χ0n) is 16.1. The first-order chi connectivity index (χ1) is 13.1. The topological polar surface area (TPSA) is 55.2 Å². The van der Waals surface area contributed by atoms with Gasteiger partial charge in [-0.1, -0.05) is 18.7 Å². The molecule has 3 heterocycles. The Hall–Kier alpha value is -1.34. The second-order valence-corrected chi connectivity index (χ2v) is 9.74. The maximum absolute atomic E-state index is 13.1. The third-order valence-electron chi connectivity index (χ3n) is 5.69. The van der Waals surface area contributed by atoms with Crippen molar-refractivity contribution in [1.82, 2.24) is 14.5 Å². The Balaban J connectivity index is 1.60. The number of carbonyl (C=O) groups excluding carboxylic acids is 1. The van der Waals surface area contributed by atoms with Crippen LogP contribution in [-0.2, 0) is 24.2 Å². The normalized spacial score (nSPS) is 20.1. The molecule has 4 rings (SSSR count). The third-order valence-corrected chi connectivity index (χ3v) is 7.84. The highest BCUT2D eigenvalue weighted by atomic mass is 32.2. The molecular formula is C20H27N3O2S2. The number of piperidine rings is 1. The van der Waals surface area contributed by atoms with E-state index in [4.69, 9.17) is 4.98 Å². The molecule has 0 N–H and O–H groups in total. The Morgan fingerprint density at radius 3 is 2.89 bits per heavy atom. The molecule has 27 heavy (non-hydrogen) atoms. The molecule has 146 valence electrons. The summed E-state index contributed by atoms with van der Waals surface area (Å²) in [6.45, 7) is 6.48. The van der Waals surface area contributed by atoms with E-state index in [0.717, 1.165) is 49.0 Å². The van der Waals surface area contributed by atoms with Crippen LogP contribution in [0.25, 0.3) is 10.2 Å². The molecule has 0 radical (unpaired) electrons. The Kier molecular flexibility index (Phi) is 5.60. The van der Waals surface area contributed by atoms with E-state index in [-0.39, 0.29) is 11.5 Å². The highest BCUT2D eigenvalue weighted by molar-refractivity contribution is 7.99. The van der Waals surface area contributed by atoms with Gasteiger partial charge in [-0.2, -0.15) is 0 Å². The predicted molar refractivity (Wildman–Crippen MR) is 112 cm³/mol. The van der Waals surface area contributed by atoms with Crippen LogP contribution >= 0.6 is 23.1 Å². The molecule has 2 aromatic heterocycles. The fourth-order valence-electron chi connectivity index (χ4n) is 4.24. The summed E-state index contributed by atoms with van der Waals surface area (Å²) in [5.74, 6) is 1.10. The highest BCUT2D eigenvalue weighted by Gasteiger charge is 2.24. The molecule has 1 aliphatic carbocycles. The van der Waals surface area contributed by atoms with E-state index in [1.165, 1.54) is 35.0 Å². The summed E-state index contributed by atoms with van der Waals surface area (Å²) >= 11 is 3.09. The van der Waals surface area contributed by atoms with Crippen molar-refractivity contribution >= 4 is 39.2 Å². The second kappa shape index (κ2) is 7.95.